The van der Waals surface area contributed by atoms with Crippen molar-refractivity contribution < 1.29 is 14.1 Å². The maximum atomic E-state index is 12.6. The van der Waals surface area contributed by atoms with Gasteiger partial charge >= 0.3 is 6.03 Å². The lowest BCUT2D eigenvalue weighted by Gasteiger charge is -2.29. The summed E-state index contributed by atoms with van der Waals surface area (Å²) in [5, 5.41) is 9.13. The van der Waals surface area contributed by atoms with Crippen LogP contribution in [0.3, 0.4) is 0 Å². The molecule has 3 amide bonds. The van der Waals surface area contributed by atoms with Crippen molar-refractivity contribution in [3.05, 3.63) is 65.4 Å². The molecule has 2 N–H and O–H groups in total. The Bertz CT molecular complexity index is 1060. The van der Waals surface area contributed by atoms with Crippen LogP contribution >= 0.6 is 11.8 Å². The van der Waals surface area contributed by atoms with Crippen molar-refractivity contribution in [1.82, 2.24) is 5.16 Å². The number of urea groups is 1. The number of carbonyl (C=O) groups excluding carboxylic acids is 2. The summed E-state index contributed by atoms with van der Waals surface area (Å²) in [7, 11) is 0. The number of carbonyl (C=O) groups is 2. The zero-order chi connectivity index (χ0) is 20.4. The van der Waals surface area contributed by atoms with Crippen LogP contribution in [0.2, 0.25) is 0 Å². The molecule has 0 saturated carbocycles. The fourth-order valence-electron chi connectivity index (χ4n) is 3.03. The molecule has 2 aromatic carbocycles. The van der Waals surface area contributed by atoms with Gasteiger partial charge in [0.2, 0.25) is 5.91 Å². The van der Waals surface area contributed by atoms with Crippen molar-refractivity contribution in [3.8, 4) is 0 Å². The molecule has 7 nitrogen and oxygen atoms in total. The van der Waals surface area contributed by atoms with Crippen LogP contribution in [0.4, 0.5) is 22.0 Å². The molecule has 29 heavy (non-hydrogen) atoms. The standard InChI is InChI=1S/C21H20N4O3S/c1-13-3-5-15(6-4-13)11-25-17-10-16(7-8-18(17)29-12-20(25)26)22-21(27)23-19-9-14(2)28-24-19/h3-10H,11-12H2,1-2H3,(H2,22,23,24,27). The molecular formula is C21H20N4O3S. The molecule has 4 rings (SSSR count). The third-order valence-electron chi connectivity index (χ3n) is 4.49. The van der Waals surface area contributed by atoms with Crippen molar-refractivity contribution in [3.63, 3.8) is 0 Å². The monoisotopic (exact) mass is 408 g/mol. The Balaban J connectivity index is 1.53. The summed E-state index contributed by atoms with van der Waals surface area (Å²) in [6, 6.07) is 14.9. The van der Waals surface area contributed by atoms with Crippen molar-refractivity contribution in [2.24, 2.45) is 0 Å². The number of fused-ring (bicyclic) bond motifs is 1. The van der Waals surface area contributed by atoms with Gasteiger partial charge in [0.15, 0.2) is 5.82 Å². The first-order valence-electron chi connectivity index (χ1n) is 9.12. The first kappa shape index (κ1) is 19.1. The second kappa shape index (κ2) is 8.00. The van der Waals surface area contributed by atoms with Crippen molar-refractivity contribution in [1.29, 1.82) is 0 Å². The Morgan fingerprint density at radius 2 is 1.93 bits per heavy atom. The van der Waals surface area contributed by atoms with Gasteiger partial charge in [-0.25, -0.2) is 4.79 Å². The normalized spacial score (nSPS) is 13.2. The van der Waals surface area contributed by atoms with E-state index in [1.165, 1.54) is 17.3 Å². The number of thioether (sulfide) groups is 1. The topological polar surface area (TPSA) is 87.5 Å². The smallest absolute Gasteiger partial charge is 0.324 e. The number of aryl methyl sites for hydroxylation is 2. The third-order valence-corrected chi connectivity index (χ3v) is 5.54. The second-order valence-corrected chi connectivity index (χ2v) is 7.86. The number of nitrogens with one attached hydrogen (secondary N) is 2. The predicted molar refractivity (Wildman–Crippen MR) is 113 cm³/mol. The van der Waals surface area contributed by atoms with Gasteiger partial charge in [-0.2, -0.15) is 0 Å². The number of hydrogen-bond acceptors (Lipinski definition) is 5. The van der Waals surface area contributed by atoms with E-state index < -0.39 is 6.03 Å². The zero-order valence-corrected chi connectivity index (χ0v) is 16.9. The summed E-state index contributed by atoms with van der Waals surface area (Å²) in [6.07, 6.45) is 0. The Labute approximate surface area is 172 Å². The maximum absolute atomic E-state index is 12.6. The van der Waals surface area contributed by atoms with Crippen molar-refractivity contribution in [2.75, 3.05) is 21.3 Å². The van der Waals surface area contributed by atoms with Gasteiger partial charge in [0, 0.05) is 16.6 Å². The van der Waals surface area contributed by atoms with Gasteiger partial charge in [0.25, 0.3) is 0 Å². The molecule has 1 aliphatic heterocycles. The van der Waals surface area contributed by atoms with Crippen LogP contribution in [0, 0.1) is 13.8 Å². The molecular weight excluding hydrogens is 388 g/mol. The average Bonchev–Trinajstić information content (AvgIpc) is 3.10. The van der Waals surface area contributed by atoms with Crippen LogP contribution < -0.4 is 15.5 Å². The molecule has 8 heteroatoms. The highest BCUT2D eigenvalue weighted by molar-refractivity contribution is 8.00. The van der Waals surface area contributed by atoms with Crippen LogP contribution in [-0.4, -0.2) is 22.8 Å². The molecule has 0 unspecified atom stereocenters. The number of nitrogens with zero attached hydrogens (tertiary/aromatic N) is 2. The Kier molecular flexibility index (Phi) is 5.26. The van der Waals surface area contributed by atoms with E-state index in [4.69, 9.17) is 4.52 Å². The van der Waals surface area contributed by atoms with E-state index in [-0.39, 0.29) is 5.91 Å². The minimum atomic E-state index is -0.432. The molecule has 0 aliphatic carbocycles. The lowest BCUT2D eigenvalue weighted by Crippen LogP contribution is -2.34. The molecule has 0 bridgehead atoms. The minimum absolute atomic E-state index is 0.0442. The number of amides is 3. The molecule has 3 aromatic rings. The molecule has 0 atom stereocenters. The van der Waals surface area contributed by atoms with Gasteiger partial charge in [-0.05, 0) is 37.6 Å². The van der Waals surface area contributed by atoms with Crippen LogP contribution in [0.15, 0.2) is 57.9 Å². The maximum Gasteiger partial charge on any atom is 0.324 e. The number of rotatable bonds is 4. The Hall–Kier alpha value is -3.26. The largest absolute Gasteiger partial charge is 0.360 e. The van der Waals surface area contributed by atoms with Gasteiger partial charge in [-0.1, -0.05) is 35.0 Å². The SMILES string of the molecule is Cc1ccc(CN2C(=O)CSc3ccc(NC(=O)Nc4cc(C)on4)cc32)cc1. The second-order valence-electron chi connectivity index (χ2n) is 6.84. The predicted octanol–water partition coefficient (Wildman–Crippen LogP) is 4.57. The molecule has 0 radical (unpaired) electrons. The highest BCUT2D eigenvalue weighted by Gasteiger charge is 2.25. The highest BCUT2D eigenvalue weighted by atomic mass is 32.2. The quantitative estimate of drug-likeness (QED) is 0.660. The van der Waals surface area contributed by atoms with E-state index in [0.29, 0.717) is 29.6 Å². The zero-order valence-electron chi connectivity index (χ0n) is 16.1. The lowest BCUT2D eigenvalue weighted by molar-refractivity contribution is -0.116. The van der Waals surface area contributed by atoms with E-state index in [2.05, 4.69) is 15.8 Å². The summed E-state index contributed by atoms with van der Waals surface area (Å²) in [5.74, 6) is 1.39. The summed E-state index contributed by atoms with van der Waals surface area (Å²) in [4.78, 5) is 27.6. The molecule has 0 saturated heterocycles. The van der Waals surface area contributed by atoms with Gasteiger partial charge in [0.05, 0.1) is 18.0 Å². The Morgan fingerprint density at radius 1 is 1.14 bits per heavy atom. The average molecular weight is 408 g/mol. The minimum Gasteiger partial charge on any atom is -0.360 e. The van der Waals surface area contributed by atoms with E-state index in [1.807, 2.05) is 49.4 Å². The molecule has 0 fully saturated rings. The van der Waals surface area contributed by atoms with E-state index in [9.17, 15) is 9.59 Å². The third kappa shape index (κ3) is 4.43. The number of aromatic nitrogens is 1. The Morgan fingerprint density at radius 3 is 2.66 bits per heavy atom. The van der Waals surface area contributed by atoms with Gasteiger partial charge in [-0.3, -0.25) is 10.1 Å². The van der Waals surface area contributed by atoms with Crippen molar-refractivity contribution >= 4 is 40.9 Å². The fourth-order valence-corrected chi connectivity index (χ4v) is 3.95. The summed E-state index contributed by atoms with van der Waals surface area (Å²) < 4.78 is 4.94. The number of hydrogen-bond donors (Lipinski definition) is 2. The van der Waals surface area contributed by atoms with Crippen LogP contribution in [0.25, 0.3) is 0 Å². The number of benzene rings is 2. The first-order valence-corrected chi connectivity index (χ1v) is 10.1. The highest BCUT2D eigenvalue weighted by Crippen LogP contribution is 2.38. The van der Waals surface area contributed by atoms with E-state index in [0.717, 1.165) is 16.1 Å². The van der Waals surface area contributed by atoms with Crippen LogP contribution in [0.5, 0.6) is 0 Å². The summed E-state index contributed by atoms with van der Waals surface area (Å²) >= 11 is 1.50. The molecule has 1 aromatic heterocycles. The lowest BCUT2D eigenvalue weighted by atomic mass is 10.1. The molecule has 2 heterocycles. The van der Waals surface area contributed by atoms with Gasteiger partial charge < -0.3 is 14.7 Å². The summed E-state index contributed by atoms with van der Waals surface area (Å²) in [6.45, 7) is 4.27. The van der Waals surface area contributed by atoms with E-state index >= 15 is 0 Å². The van der Waals surface area contributed by atoms with Crippen LogP contribution in [0.1, 0.15) is 16.9 Å². The fraction of sp³-hybridized carbons (Fsp3) is 0.190. The van der Waals surface area contributed by atoms with Gasteiger partial charge in [0.1, 0.15) is 5.76 Å². The summed E-state index contributed by atoms with van der Waals surface area (Å²) in [5.41, 5.74) is 3.61. The number of anilines is 3. The van der Waals surface area contributed by atoms with E-state index in [1.54, 1.807) is 17.9 Å². The van der Waals surface area contributed by atoms with Gasteiger partial charge in [-0.15, -0.1) is 11.8 Å². The molecule has 148 valence electrons. The first-order chi connectivity index (χ1) is 14.0. The van der Waals surface area contributed by atoms with Crippen LogP contribution in [-0.2, 0) is 11.3 Å². The molecule has 0 spiro atoms. The molecule has 1 aliphatic rings. The van der Waals surface area contributed by atoms with Crippen molar-refractivity contribution in [2.45, 2.75) is 25.3 Å².